The van der Waals surface area contributed by atoms with Gasteiger partial charge in [0.05, 0.1) is 6.04 Å². The van der Waals surface area contributed by atoms with E-state index in [-0.39, 0.29) is 30.7 Å². The van der Waals surface area contributed by atoms with E-state index in [2.05, 4.69) is 56.1 Å². The fourth-order valence-corrected chi connectivity index (χ4v) is 3.69. The summed E-state index contributed by atoms with van der Waals surface area (Å²) < 4.78 is 8.02. The van der Waals surface area contributed by atoms with E-state index < -0.39 is 0 Å². The topological polar surface area (TPSA) is 29.5 Å². The first-order chi connectivity index (χ1) is 11.5. The molecule has 0 bridgehead atoms. The minimum atomic E-state index is -0.181. The summed E-state index contributed by atoms with van der Waals surface area (Å²) in [5.41, 5.74) is 2.15. The standard InChI is InChI=1S/C19H19Br2NO2/c1-12(2)22-17(23)11-24-19(14-5-9-16(21)10-6-14)18(22)13-3-7-15(20)8-4-13/h3-10,12,18-19H,11H2,1-2H3/t18-,19+/m1/s1. The van der Waals surface area contributed by atoms with Crippen LogP contribution in [0.3, 0.4) is 0 Å². The van der Waals surface area contributed by atoms with E-state index in [1.54, 1.807) is 0 Å². The molecule has 126 valence electrons. The highest BCUT2D eigenvalue weighted by Gasteiger charge is 2.39. The molecule has 0 spiro atoms. The van der Waals surface area contributed by atoms with Crippen LogP contribution >= 0.6 is 31.9 Å². The molecule has 1 amide bonds. The summed E-state index contributed by atoms with van der Waals surface area (Å²) in [5, 5.41) is 0. The summed E-state index contributed by atoms with van der Waals surface area (Å²) >= 11 is 6.95. The van der Waals surface area contributed by atoms with Crippen molar-refractivity contribution >= 4 is 37.8 Å². The third kappa shape index (κ3) is 3.58. The van der Waals surface area contributed by atoms with Crippen molar-refractivity contribution in [1.29, 1.82) is 0 Å². The predicted molar refractivity (Wildman–Crippen MR) is 102 cm³/mol. The molecular formula is C19H19Br2NO2. The van der Waals surface area contributed by atoms with Gasteiger partial charge in [-0.25, -0.2) is 0 Å². The van der Waals surface area contributed by atoms with Gasteiger partial charge in [-0.2, -0.15) is 0 Å². The molecule has 2 aromatic carbocycles. The zero-order chi connectivity index (χ0) is 17.3. The number of nitrogens with zero attached hydrogens (tertiary/aromatic N) is 1. The molecule has 24 heavy (non-hydrogen) atoms. The largest absolute Gasteiger partial charge is 0.361 e. The summed E-state index contributed by atoms with van der Waals surface area (Å²) in [6, 6.07) is 16.2. The number of benzene rings is 2. The normalized spacial score (nSPS) is 21.4. The highest BCUT2D eigenvalue weighted by Crippen LogP contribution is 2.41. The molecule has 2 atom stereocenters. The Balaban J connectivity index is 2.06. The lowest BCUT2D eigenvalue weighted by Gasteiger charge is -2.43. The van der Waals surface area contributed by atoms with Gasteiger partial charge in [0.2, 0.25) is 5.91 Å². The molecular weight excluding hydrogens is 434 g/mol. The van der Waals surface area contributed by atoms with E-state index in [9.17, 15) is 4.79 Å². The van der Waals surface area contributed by atoms with Crippen molar-refractivity contribution in [3.63, 3.8) is 0 Å². The van der Waals surface area contributed by atoms with Gasteiger partial charge < -0.3 is 9.64 Å². The van der Waals surface area contributed by atoms with Gasteiger partial charge in [0.1, 0.15) is 12.7 Å². The number of hydrogen-bond acceptors (Lipinski definition) is 2. The number of morpholine rings is 1. The third-order valence-electron chi connectivity index (χ3n) is 4.23. The highest BCUT2D eigenvalue weighted by atomic mass is 79.9. The first-order valence-electron chi connectivity index (χ1n) is 7.91. The average Bonchev–Trinajstić information content (AvgIpc) is 2.56. The Bertz CT molecular complexity index is 713. The van der Waals surface area contributed by atoms with Crippen LogP contribution < -0.4 is 0 Å². The predicted octanol–water partition coefficient (Wildman–Crippen LogP) is 5.26. The van der Waals surface area contributed by atoms with Gasteiger partial charge in [0.15, 0.2) is 0 Å². The molecule has 1 saturated heterocycles. The molecule has 0 aliphatic carbocycles. The van der Waals surface area contributed by atoms with Crippen LogP contribution in [0.1, 0.15) is 37.1 Å². The Morgan fingerprint density at radius 3 is 1.96 bits per heavy atom. The van der Waals surface area contributed by atoms with E-state index in [1.165, 1.54) is 0 Å². The van der Waals surface area contributed by atoms with E-state index in [1.807, 2.05) is 43.0 Å². The lowest BCUT2D eigenvalue weighted by Crippen LogP contribution is -2.48. The Morgan fingerprint density at radius 2 is 1.46 bits per heavy atom. The maximum absolute atomic E-state index is 12.5. The number of rotatable bonds is 3. The molecule has 5 heteroatoms. The monoisotopic (exact) mass is 451 g/mol. The van der Waals surface area contributed by atoms with Crippen molar-refractivity contribution < 1.29 is 9.53 Å². The lowest BCUT2D eigenvalue weighted by atomic mass is 9.92. The third-order valence-corrected chi connectivity index (χ3v) is 5.28. The quantitative estimate of drug-likeness (QED) is 0.635. The molecule has 1 aliphatic heterocycles. The Hall–Kier alpha value is -1.17. The summed E-state index contributed by atoms with van der Waals surface area (Å²) in [7, 11) is 0. The SMILES string of the molecule is CC(C)N1C(=O)CO[C@@H](c2ccc(Br)cc2)[C@H]1c1ccc(Br)cc1. The van der Waals surface area contributed by atoms with Crippen LogP contribution in [-0.4, -0.2) is 23.5 Å². The van der Waals surface area contributed by atoms with E-state index in [0.29, 0.717) is 0 Å². The summed E-state index contributed by atoms with van der Waals surface area (Å²) in [6.07, 6.45) is -0.181. The molecule has 0 radical (unpaired) electrons. The number of halogens is 2. The minimum Gasteiger partial charge on any atom is -0.361 e. The second-order valence-electron chi connectivity index (χ2n) is 6.17. The fourth-order valence-electron chi connectivity index (χ4n) is 3.16. The van der Waals surface area contributed by atoms with Gasteiger partial charge in [-0.05, 0) is 49.2 Å². The van der Waals surface area contributed by atoms with Crippen LogP contribution in [0.2, 0.25) is 0 Å². The van der Waals surface area contributed by atoms with E-state index in [4.69, 9.17) is 4.74 Å². The van der Waals surface area contributed by atoms with Crippen LogP contribution in [0, 0.1) is 0 Å². The van der Waals surface area contributed by atoms with Crippen molar-refractivity contribution in [1.82, 2.24) is 4.90 Å². The van der Waals surface area contributed by atoms with E-state index in [0.717, 1.165) is 20.1 Å². The van der Waals surface area contributed by atoms with Gasteiger partial charge >= 0.3 is 0 Å². The van der Waals surface area contributed by atoms with Gasteiger partial charge in [-0.15, -0.1) is 0 Å². The first kappa shape index (κ1) is 17.6. The Kier molecular flexibility index (Phi) is 5.42. The van der Waals surface area contributed by atoms with Crippen LogP contribution in [-0.2, 0) is 9.53 Å². The van der Waals surface area contributed by atoms with Crippen molar-refractivity contribution in [3.05, 3.63) is 68.6 Å². The minimum absolute atomic E-state index is 0.0336. The molecule has 3 rings (SSSR count). The number of amides is 1. The second kappa shape index (κ2) is 7.38. The van der Waals surface area contributed by atoms with Gasteiger partial charge in [0.25, 0.3) is 0 Å². The molecule has 0 aromatic heterocycles. The first-order valence-corrected chi connectivity index (χ1v) is 9.49. The van der Waals surface area contributed by atoms with E-state index >= 15 is 0 Å². The zero-order valence-corrected chi connectivity index (χ0v) is 16.7. The fraction of sp³-hybridized carbons (Fsp3) is 0.316. The summed E-state index contributed by atoms with van der Waals surface area (Å²) in [4.78, 5) is 14.4. The van der Waals surface area contributed by atoms with Crippen molar-refractivity contribution in [3.8, 4) is 0 Å². The zero-order valence-electron chi connectivity index (χ0n) is 13.6. The second-order valence-corrected chi connectivity index (χ2v) is 8.01. The number of ether oxygens (including phenoxy) is 1. The summed E-state index contributed by atoms with van der Waals surface area (Å²) in [5.74, 6) is 0.0336. The highest BCUT2D eigenvalue weighted by molar-refractivity contribution is 9.10. The lowest BCUT2D eigenvalue weighted by molar-refractivity contribution is -0.161. The molecule has 0 saturated carbocycles. The van der Waals surface area contributed by atoms with Gasteiger partial charge in [-0.1, -0.05) is 56.1 Å². The number of hydrogen-bond donors (Lipinski definition) is 0. The van der Waals surface area contributed by atoms with Crippen LogP contribution in [0.25, 0.3) is 0 Å². The number of carbonyl (C=O) groups is 1. The van der Waals surface area contributed by atoms with Gasteiger partial charge in [0, 0.05) is 15.0 Å². The van der Waals surface area contributed by atoms with Crippen LogP contribution in [0.4, 0.5) is 0 Å². The smallest absolute Gasteiger partial charge is 0.249 e. The molecule has 1 heterocycles. The molecule has 3 nitrogen and oxygen atoms in total. The molecule has 1 fully saturated rings. The maximum atomic E-state index is 12.5. The Morgan fingerprint density at radius 1 is 0.958 bits per heavy atom. The molecule has 1 aliphatic rings. The number of carbonyl (C=O) groups excluding carboxylic acids is 1. The molecule has 0 N–H and O–H groups in total. The van der Waals surface area contributed by atoms with Crippen molar-refractivity contribution in [2.24, 2.45) is 0 Å². The van der Waals surface area contributed by atoms with Crippen molar-refractivity contribution in [2.75, 3.05) is 6.61 Å². The summed E-state index contributed by atoms with van der Waals surface area (Å²) in [6.45, 7) is 4.22. The van der Waals surface area contributed by atoms with Crippen LogP contribution in [0.5, 0.6) is 0 Å². The average molecular weight is 453 g/mol. The van der Waals surface area contributed by atoms with Gasteiger partial charge in [-0.3, -0.25) is 4.79 Å². The molecule has 0 unspecified atom stereocenters. The maximum Gasteiger partial charge on any atom is 0.249 e. The van der Waals surface area contributed by atoms with Crippen molar-refractivity contribution in [2.45, 2.75) is 32.0 Å². The Labute approximate surface area is 159 Å². The van der Waals surface area contributed by atoms with Crippen LogP contribution in [0.15, 0.2) is 57.5 Å². The molecule has 2 aromatic rings.